The Kier molecular flexibility index (Phi) is 9.06. The van der Waals surface area contributed by atoms with Gasteiger partial charge in [0.1, 0.15) is 12.3 Å². The lowest BCUT2D eigenvalue weighted by atomic mass is 9.81. The number of fused-ring (bicyclic) bond motifs is 1. The Balaban J connectivity index is 1.91. The minimum Gasteiger partial charge on any atom is -0.414 e. The average molecular weight is 584 g/mol. The molecule has 226 valence electrons. The van der Waals surface area contributed by atoms with Gasteiger partial charge >= 0.3 is 6.03 Å². The molecule has 0 aliphatic carbocycles. The van der Waals surface area contributed by atoms with E-state index in [-0.39, 0.29) is 40.3 Å². The highest BCUT2D eigenvalue weighted by molar-refractivity contribution is 6.74. The fraction of sp³-hybridized carbons (Fsp3) is 0.931. The van der Waals surface area contributed by atoms with Crippen molar-refractivity contribution >= 4 is 28.6 Å². The van der Waals surface area contributed by atoms with Crippen LogP contribution in [0.3, 0.4) is 0 Å². The van der Waals surface area contributed by atoms with Gasteiger partial charge in [0.15, 0.2) is 16.6 Å². The SMILES string of the molecule is CC(C)C(C)(C)[Si](C)(C)OC[C@H]1O[C@@H](N2C(=O)NC(=O)C3(C)CN(C)CC23)C[C@@H]1O[Si](C)(C)C(C)(C)C(C)C. The van der Waals surface area contributed by atoms with Gasteiger partial charge in [0, 0.05) is 19.5 Å². The Hall–Kier alpha value is -0.786. The smallest absolute Gasteiger partial charge is 0.326 e. The Morgan fingerprint density at radius 2 is 1.56 bits per heavy atom. The van der Waals surface area contributed by atoms with Gasteiger partial charge in [-0.05, 0) is 62.1 Å². The molecule has 0 aromatic rings. The van der Waals surface area contributed by atoms with E-state index in [1.807, 2.05) is 14.0 Å². The van der Waals surface area contributed by atoms with E-state index >= 15 is 0 Å². The first-order valence-corrected chi connectivity index (χ1v) is 20.7. The summed E-state index contributed by atoms with van der Waals surface area (Å²) < 4.78 is 20.6. The van der Waals surface area contributed by atoms with E-state index in [2.05, 4.69) is 91.8 Å². The molecule has 8 nitrogen and oxygen atoms in total. The molecule has 0 bridgehead atoms. The fourth-order valence-electron chi connectivity index (χ4n) is 6.17. The minimum absolute atomic E-state index is 0.0474. The second-order valence-corrected chi connectivity index (χ2v) is 24.5. The molecule has 2 unspecified atom stereocenters. The maximum atomic E-state index is 13.3. The number of nitrogens with one attached hydrogen (secondary N) is 1. The van der Waals surface area contributed by atoms with Gasteiger partial charge < -0.3 is 18.5 Å². The van der Waals surface area contributed by atoms with Crippen molar-refractivity contribution in [2.24, 2.45) is 17.3 Å². The van der Waals surface area contributed by atoms with Crippen molar-refractivity contribution < 1.29 is 23.2 Å². The molecule has 0 aromatic heterocycles. The summed E-state index contributed by atoms with van der Waals surface area (Å²) in [6.07, 6.45) is -0.360. The Bertz CT molecular complexity index is 938. The van der Waals surface area contributed by atoms with E-state index in [9.17, 15) is 9.59 Å². The van der Waals surface area contributed by atoms with Crippen LogP contribution in [-0.4, -0.2) is 89.6 Å². The molecule has 1 N–H and O–H groups in total. The second kappa shape index (κ2) is 10.8. The minimum atomic E-state index is -2.20. The monoisotopic (exact) mass is 583 g/mol. The quantitative estimate of drug-likeness (QED) is 0.335. The van der Waals surface area contributed by atoms with Crippen LogP contribution in [0.1, 0.15) is 68.7 Å². The zero-order valence-electron chi connectivity index (χ0n) is 27.2. The standard InChI is InChI=1S/C29H57N3O5Si2/c1-19(2)27(5,6)38(11,12)35-17-22-21(37-39(13,14)28(7,8)20(3)4)15-24(36-22)32-23-16-31(10)18-29(23,9)25(33)30-26(32)34/h19-24H,15-18H2,1-14H3,(H,30,33,34)/t21-,22+,23?,24+,29?/m0/s1. The van der Waals surface area contributed by atoms with E-state index < -0.39 is 28.3 Å². The van der Waals surface area contributed by atoms with Crippen molar-refractivity contribution in [1.82, 2.24) is 15.1 Å². The zero-order chi connectivity index (χ0) is 29.9. The number of hydrogen-bond donors (Lipinski definition) is 1. The molecule has 3 aliphatic rings. The fourth-order valence-corrected chi connectivity index (χ4v) is 11.2. The number of likely N-dealkylation sites (tertiary alicyclic amines) is 1. The summed E-state index contributed by atoms with van der Waals surface area (Å²) in [4.78, 5) is 30.1. The lowest BCUT2D eigenvalue weighted by Crippen LogP contribution is -2.67. The van der Waals surface area contributed by atoms with E-state index in [4.69, 9.17) is 13.6 Å². The molecule has 3 fully saturated rings. The first kappa shape index (κ1) is 32.7. The van der Waals surface area contributed by atoms with Crippen molar-refractivity contribution in [3.05, 3.63) is 0 Å². The lowest BCUT2D eigenvalue weighted by Gasteiger charge is -2.45. The van der Waals surface area contributed by atoms with Gasteiger partial charge in [-0.15, -0.1) is 0 Å². The number of carbonyl (C=O) groups is 2. The summed E-state index contributed by atoms with van der Waals surface area (Å²) in [5, 5.41) is 2.76. The summed E-state index contributed by atoms with van der Waals surface area (Å²) in [5.41, 5.74) is -0.666. The van der Waals surface area contributed by atoms with Crippen LogP contribution in [0.5, 0.6) is 0 Å². The summed E-state index contributed by atoms with van der Waals surface area (Å²) in [6.45, 7) is 31.1. The van der Waals surface area contributed by atoms with Crippen LogP contribution in [0.4, 0.5) is 4.79 Å². The highest BCUT2D eigenvalue weighted by Crippen LogP contribution is 2.48. The molecule has 3 saturated heterocycles. The van der Waals surface area contributed by atoms with Crippen LogP contribution in [0, 0.1) is 17.3 Å². The van der Waals surface area contributed by atoms with Crippen molar-refractivity contribution in [2.45, 2.75) is 129 Å². The van der Waals surface area contributed by atoms with Crippen molar-refractivity contribution in [1.29, 1.82) is 0 Å². The molecule has 0 aromatic carbocycles. The predicted molar refractivity (Wildman–Crippen MR) is 162 cm³/mol. The van der Waals surface area contributed by atoms with Crippen LogP contribution < -0.4 is 5.32 Å². The summed E-state index contributed by atoms with van der Waals surface area (Å²) in [7, 11) is -2.29. The van der Waals surface area contributed by atoms with Gasteiger partial charge in [-0.1, -0.05) is 55.4 Å². The van der Waals surface area contributed by atoms with Gasteiger partial charge in [0.2, 0.25) is 5.91 Å². The van der Waals surface area contributed by atoms with Gasteiger partial charge in [-0.2, -0.15) is 0 Å². The van der Waals surface area contributed by atoms with E-state index in [1.165, 1.54) is 0 Å². The molecular formula is C29H57N3O5Si2. The number of likely N-dealkylation sites (N-methyl/N-ethyl adjacent to an activating group) is 1. The van der Waals surface area contributed by atoms with Gasteiger partial charge in [0.25, 0.3) is 0 Å². The highest BCUT2D eigenvalue weighted by atomic mass is 28.4. The largest absolute Gasteiger partial charge is 0.414 e. The summed E-state index contributed by atoms with van der Waals surface area (Å²) in [6, 6.07) is -0.602. The lowest BCUT2D eigenvalue weighted by molar-refractivity contribution is -0.139. The number of imide groups is 1. The van der Waals surface area contributed by atoms with Crippen LogP contribution in [-0.2, 0) is 18.4 Å². The maximum Gasteiger partial charge on any atom is 0.326 e. The van der Waals surface area contributed by atoms with Gasteiger partial charge in [-0.25, -0.2) is 4.79 Å². The molecule has 39 heavy (non-hydrogen) atoms. The summed E-state index contributed by atoms with van der Waals surface area (Å²) >= 11 is 0. The average Bonchev–Trinajstić information content (AvgIpc) is 3.31. The molecule has 3 heterocycles. The number of nitrogens with zero attached hydrogens (tertiary/aromatic N) is 2. The van der Waals surface area contributed by atoms with Crippen molar-refractivity contribution in [3.8, 4) is 0 Å². The van der Waals surface area contributed by atoms with Crippen molar-refractivity contribution in [2.75, 3.05) is 26.7 Å². The van der Waals surface area contributed by atoms with Crippen LogP contribution in [0.15, 0.2) is 0 Å². The van der Waals surface area contributed by atoms with Crippen molar-refractivity contribution in [3.63, 3.8) is 0 Å². The first-order chi connectivity index (χ1) is 17.6. The highest BCUT2D eigenvalue weighted by Gasteiger charge is 2.59. The number of ether oxygens (including phenoxy) is 1. The second-order valence-electron chi connectivity index (χ2n) is 15.4. The maximum absolute atomic E-state index is 13.3. The van der Waals surface area contributed by atoms with E-state index in [0.717, 1.165) is 0 Å². The first-order valence-electron chi connectivity index (χ1n) is 14.9. The molecule has 0 saturated carbocycles. The van der Waals surface area contributed by atoms with Crippen LogP contribution >= 0.6 is 0 Å². The third kappa shape index (κ3) is 5.80. The molecule has 10 heteroatoms. The van der Waals surface area contributed by atoms with Crippen LogP contribution in [0.25, 0.3) is 0 Å². The predicted octanol–water partition coefficient (Wildman–Crippen LogP) is 5.66. The van der Waals surface area contributed by atoms with Gasteiger partial charge in [-0.3, -0.25) is 15.0 Å². The summed E-state index contributed by atoms with van der Waals surface area (Å²) in [5.74, 6) is 0.770. The normalized spacial score (nSPS) is 31.4. The molecule has 3 aliphatic heterocycles. The Labute approximate surface area is 240 Å². The molecule has 3 rings (SSSR count). The third-order valence-corrected chi connectivity index (χ3v) is 20.8. The van der Waals surface area contributed by atoms with Gasteiger partial charge in [0.05, 0.1) is 24.2 Å². The third-order valence-electron chi connectivity index (χ3n) is 11.7. The number of carbonyl (C=O) groups excluding carboxylic acids is 2. The molecular weight excluding hydrogens is 527 g/mol. The number of amides is 3. The van der Waals surface area contributed by atoms with Crippen LogP contribution in [0.2, 0.25) is 36.3 Å². The molecule has 3 amide bonds. The van der Waals surface area contributed by atoms with E-state index in [0.29, 0.717) is 38.0 Å². The number of urea groups is 1. The van der Waals surface area contributed by atoms with E-state index in [1.54, 1.807) is 4.90 Å². The zero-order valence-corrected chi connectivity index (χ0v) is 29.2. The Morgan fingerprint density at radius 1 is 1.03 bits per heavy atom. The molecule has 0 spiro atoms. The topological polar surface area (TPSA) is 80.3 Å². The molecule has 0 radical (unpaired) electrons. The number of hydrogen-bond acceptors (Lipinski definition) is 6. The Morgan fingerprint density at radius 3 is 2.10 bits per heavy atom. The molecule has 5 atom stereocenters. The number of rotatable bonds is 10.